The van der Waals surface area contributed by atoms with Gasteiger partial charge in [-0.15, -0.1) is 0 Å². The quantitative estimate of drug-likeness (QED) is 0.807. The molecule has 20 heavy (non-hydrogen) atoms. The highest BCUT2D eigenvalue weighted by Gasteiger charge is 2.46. The van der Waals surface area contributed by atoms with Crippen LogP contribution in [0, 0.1) is 0 Å². The van der Waals surface area contributed by atoms with Gasteiger partial charge in [0.15, 0.2) is 0 Å². The molecule has 2 atom stereocenters. The average molecular weight is 270 g/mol. The summed E-state index contributed by atoms with van der Waals surface area (Å²) in [5.74, 6) is 0. The number of rotatable bonds is 2. The first-order chi connectivity index (χ1) is 9.75. The Bertz CT molecular complexity index is 457. The number of piperidine rings is 1. The maximum absolute atomic E-state index is 2.88. The van der Waals surface area contributed by atoms with Crippen LogP contribution in [0.1, 0.15) is 62.7 Å². The SMILES string of the molecule is CC(C)N1CCC(N2C3CCC2c2ccccc23)CC1. The van der Waals surface area contributed by atoms with Gasteiger partial charge in [-0.2, -0.15) is 0 Å². The summed E-state index contributed by atoms with van der Waals surface area (Å²) >= 11 is 0. The van der Waals surface area contributed by atoms with Crippen molar-refractivity contribution >= 4 is 0 Å². The van der Waals surface area contributed by atoms with E-state index in [0.29, 0.717) is 6.04 Å². The lowest BCUT2D eigenvalue weighted by Gasteiger charge is -2.40. The summed E-state index contributed by atoms with van der Waals surface area (Å²) in [6.45, 7) is 7.23. The van der Waals surface area contributed by atoms with Crippen LogP contribution in [0.25, 0.3) is 0 Å². The minimum atomic E-state index is 0.712. The Hall–Kier alpha value is -0.860. The average Bonchev–Trinajstić information content (AvgIpc) is 3.04. The van der Waals surface area contributed by atoms with Crippen molar-refractivity contribution in [3.05, 3.63) is 35.4 Å². The van der Waals surface area contributed by atoms with Crippen molar-refractivity contribution < 1.29 is 0 Å². The molecule has 3 aliphatic heterocycles. The van der Waals surface area contributed by atoms with Gasteiger partial charge in [0, 0.05) is 24.2 Å². The summed E-state index contributed by atoms with van der Waals surface area (Å²) in [4.78, 5) is 5.52. The van der Waals surface area contributed by atoms with Crippen LogP contribution in [0.4, 0.5) is 0 Å². The Balaban J connectivity index is 1.52. The highest BCUT2D eigenvalue weighted by molar-refractivity contribution is 5.40. The Kier molecular flexibility index (Phi) is 3.12. The van der Waals surface area contributed by atoms with E-state index in [0.717, 1.165) is 18.1 Å². The minimum Gasteiger partial charge on any atom is -0.301 e. The van der Waals surface area contributed by atoms with Gasteiger partial charge in [0.05, 0.1) is 0 Å². The standard InChI is InChI=1S/C18H26N2/c1-13(2)19-11-9-14(10-12-19)20-17-7-8-18(20)16-6-4-3-5-15(16)17/h3-6,13-14,17-18H,7-12H2,1-2H3. The lowest BCUT2D eigenvalue weighted by molar-refractivity contribution is 0.0695. The smallest absolute Gasteiger partial charge is 0.0361 e. The molecule has 2 fully saturated rings. The molecule has 2 unspecified atom stereocenters. The second kappa shape index (κ2) is 4.85. The fourth-order valence-electron chi connectivity index (χ4n) is 4.79. The van der Waals surface area contributed by atoms with Crippen LogP contribution >= 0.6 is 0 Å². The second-order valence-corrected chi connectivity index (χ2v) is 7.05. The van der Waals surface area contributed by atoms with Crippen LogP contribution in [0.15, 0.2) is 24.3 Å². The molecule has 1 aromatic rings. The summed E-state index contributed by atoms with van der Waals surface area (Å²) < 4.78 is 0. The summed E-state index contributed by atoms with van der Waals surface area (Å²) in [6.07, 6.45) is 5.48. The molecule has 3 heterocycles. The van der Waals surface area contributed by atoms with Gasteiger partial charge in [-0.25, -0.2) is 0 Å². The lowest BCUT2D eigenvalue weighted by Crippen LogP contribution is -2.45. The Morgan fingerprint density at radius 3 is 1.95 bits per heavy atom. The lowest BCUT2D eigenvalue weighted by atomic mass is 9.92. The van der Waals surface area contributed by atoms with E-state index in [4.69, 9.17) is 0 Å². The van der Waals surface area contributed by atoms with Crippen molar-refractivity contribution in [1.82, 2.24) is 9.80 Å². The fraction of sp³-hybridized carbons (Fsp3) is 0.667. The largest absolute Gasteiger partial charge is 0.301 e. The van der Waals surface area contributed by atoms with Crippen LogP contribution < -0.4 is 0 Å². The van der Waals surface area contributed by atoms with Crippen LogP contribution in [-0.2, 0) is 0 Å². The molecule has 3 aliphatic rings. The maximum atomic E-state index is 2.88. The van der Waals surface area contributed by atoms with E-state index in [9.17, 15) is 0 Å². The molecule has 1 aromatic carbocycles. The topological polar surface area (TPSA) is 6.48 Å². The highest BCUT2D eigenvalue weighted by Crippen LogP contribution is 2.54. The molecule has 0 aromatic heterocycles. The van der Waals surface area contributed by atoms with Crippen molar-refractivity contribution in [3.8, 4) is 0 Å². The Labute approximate surface area is 122 Å². The van der Waals surface area contributed by atoms with Gasteiger partial charge in [0.25, 0.3) is 0 Å². The first-order valence-electron chi connectivity index (χ1n) is 8.36. The van der Waals surface area contributed by atoms with Gasteiger partial charge in [-0.3, -0.25) is 4.90 Å². The Morgan fingerprint density at radius 2 is 1.45 bits per heavy atom. The van der Waals surface area contributed by atoms with Gasteiger partial charge in [-0.05, 0) is 63.7 Å². The molecular weight excluding hydrogens is 244 g/mol. The van der Waals surface area contributed by atoms with E-state index in [1.54, 1.807) is 11.1 Å². The molecule has 2 bridgehead atoms. The normalized spacial score (nSPS) is 31.1. The van der Waals surface area contributed by atoms with Gasteiger partial charge in [0.2, 0.25) is 0 Å². The van der Waals surface area contributed by atoms with E-state index in [1.807, 2.05) is 0 Å². The maximum Gasteiger partial charge on any atom is 0.0361 e. The molecule has 2 nitrogen and oxygen atoms in total. The molecule has 0 spiro atoms. The first kappa shape index (κ1) is 12.8. The summed E-state index contributed by atoms with van der Waals surface area (Å²) in [5, 5.41) is 0. The first-order valence-corrected chi connectivity index (χ1v) is 8.36. The predicted molar refractivity (Wildman–Crippen MR) is 82.7 cm³/mol. The molecule has 108 valence electrons. The zero-order valence-electron chi connectivity index (χ0n) is 12.8. The van der Waals surface area contributed by atoms with Crippen molar-refractivity contribution in [2.45, 2.75) is 63.7 Å². The fourth-order valence-corrected chi connectivity index (χ4v) is 4.79. The van der Waals surface area contributed by atoms with Gasteiger partial charge in [0.1, 0.15) is 0 Å². The van der Waals surface area contributed by atoms with Crippen LogP contribution in [0.3, 0.4) is 0 Å². The van der Waals surface area contributed by atoms with Crippen LogP contribution in [-0.4, -0.2) is 35.0 Å². The van der Waals surface area contributed by atoms with Gasteiger partial charge >= 0.3 is 0 Å². The molecule has 2 saturated heterocycles. The zero-order chi connectivity index (χ0) is 13.7. The predicted octanol–water partition coefficient (Wildman–Crippen LogP) is 3.75. The van der Waals surface area contributed by atoms with Crippen molar-refractivity contribution in [2.24, 2.45) is 0 Å². The van der Waals surface area contributed by atoms with Crippen molar-refractivity contribution in [3.63, 3.8) is 0 Å². The van der Waals surface area contributed by atoms with Crippen LogP contribution in [0.2, 0.25) is 0 Å². The third-order valence-corrected chi connectivity index (χ3v) is 5.80. The molecule has 0 N–H and O–H groups in total. The third-order valence-electron chi connectivity index (χ3n) is 5.80. The molecular formula is C18H26N2. The van der Waals surface area contributed by atoms with E-state index in [2.05, 4.69) is 47.9 Å². The molecule has 2 heteroatoms. The number of benzene rings is 1. The van der Waals surface area contributed by atoms with E-state index in [1.165, 1.54) is 38.8 Å². The monoisotopic (exact) mass is 270 g/mol. The molecule has 0 aliphatic carbocycles. The number of hydrogen-bond acceptors (Lipinski definition) is 2. The van der Waals surface area contributed by atoms with E-state index >= 15 is 0 Å². The zero-order valence-corrected chi connectivity index (χ0v) is 12.8. The molecule has 0 saturated carbocycles. The third kappa shape index (κ3) is 1.85. The number of likely N-dealkylation sites (tertiary alicyclic amines) is 1. The highest BCUT2D eigenvalue weighted by atomic mass is 15.3. The number of fused-ring (bicyclic) bond motifs is 5. The van der Waals surface area contributed by atoms with Crippen molar-refractivity contribution in [2.75, 3.05) is 13.1 Å². The van der Waals surface area contributed by atoms with Crippen LogP contribution in [0.5, 0.6) is 0 Å². The summed E-state index contributed by atoms with van der Waals surface area (Å²) in [7, 11) is 0. The Morgan fingerprint density at radius 1 is 0.900 bits per heavy atom. The summed E-state index contributed by atoms with van der Waals surface area (Å²) in [6, 6.07) is 12.2. The molecule has 0 amide bonds. The van der Waals surface area contributed by atoms with Crippen molar-refractivity contribution in [1.29, 1.82) is 0 Å². The van der Waals surface area contributed by atoms with Gasteiger partial charge < -0.3 is 4.90 Å². The second-order valence-electron chi connectivity index (χ2n) is 7.05. The molecule has 0 radical (unpaired) electrons. The van der Waals surface area contributed by atoms with E-state index < -0.39 is 0 Å². The van der Waals surface area contributed by atoms with Gasteiger partial charge in [-0.1, -0.05) is 24.3 Å². The number of nitrogens with zero attached hydrogens (tertiary/aromatic N) is 2. The minimum absolute atomic E-state index is 0.712. The molecule has 4 rings (SSSR count). The number of hydrogen-bond donors (Lipinski definition) is 0. The summed E-state index contributed by atoms with van der Waals surface area (Å²) in [5.41, 5.74) is 3.27. The van der Waals surface area contributed by atoms with E-state index in [-0.39, 0.29) is 0 Å².